The molecule has 1 aromatic heterocycles. The molecule has 0 atom stereocenters. The van der Waals surface area contributed by atoms with Gasteiger partial charge >= 0.3 is 0 Å². The SMILES string of the molecule is Nc1cncc(Oc2ccc3c(c2)CCC3)c1. The maximum absolute atomic E-state index is 5.74. The third-order valence-corrected chi connectivity index (χ3v) is 3.04. The van der Waals surface area contributed by atoms with E-state index in [2.05, 4.69) is 17.1 Å². The first kappa shape index (κ1) is 10.1. The number of pyridine rings is 1. The second kappa shape index (κ2) is 4.09. The minimum Gasteiger partial charge on any atom is -0.456 e. The Labute approximate surface area is 100 Å². The van der Waals surface area contributed by atoms with Crippen molar-refractivity contribution in [2.45, 2.75) is 19.3 Å². The Kier molecular flexibility index (Phi) is 2.44. The normalized spacial score (nSPS) is 13.4. The lowest BCUT2D eigenvalue weighted by Gasteiger charge is -2.07. The molecule has 3 heteroatoms. The first-order valence-corrected chi connectivity index (χ1v) is 5.81. The van der Waals surface area contributed by atoms with Crippen molar-refractivity contribution < 1.29 is 4.74 Å². The van der Waals surface area contributed by atoms with Crippen LogP contribution in [0.3, 0.4) is 0 Å². The van der Waals surface area contributed by atoms with Crippen LogP contribution in [0.5, 0.6) is 11.5 Å². The Morgan fingerprint density at radius 2 is 1.88 bits per heavy atom. The first-order chi connectivity index (χ1) is 8.31. The molecule has 1 heterocycles. The van der Waals surface area contributed by atoms with E-state index in [0.717, 1.165) is 12.2 Å². The van der Waals surface area contributed by atoms with Crippen LogP contribution in [0.15, 0.2) is 36.7 Å². The van der Waals surface area contributed by atoms with Gasteiger partial charge in [-0.15, -0.1) is 0 Å². The van der Waals surface area contributed by atoms with Crippen LogP contribution in [0.2, 0.25) is 0 Å². The summed E-state index contributed by atoms with van der Waals surface area (Å²) in [6.07, 6.45) is 6.87. The molecule has 0 spiro atoms. The molecular weight excluding hydrogens is 212 g/mol. The third kappa shape index (κ3) is 2.09. The molecule has 0 unspecified atom stereocenters. The fourth-order valence-corrected chi connectivity index (χ4v) is 2.24. The van der Waals surface area contributed by atoms with E-state index in [0.29, 0.717) is 11.4 Å². The number of aromatic nitrogens is 1. The molecule has 3 rings (SSSR count). The number of benzene rings is 1. The molecule has 0 amide bonds. The number of aryl methyl sites for hydroxylation is 2. The summed E-state index contributed by atoms with van der Waals surface area (Å²) in [6, 6.07) is 8.05. The van der Waals surface area contributed by atoms with Gasteiger partial charge in [-0.2, -0.15) is 0 Å². The lowest BCUT2D eigenvalue weighted by atomic mass is 10.1. The van der Waals surface area contributed by atoms with E-state index < -0.39 is 0 Å². The number of rotatable bonds is 2. The molecule has 2 N–H and O–H groups in total. The Balaban J connectivity index is 1.86. The van der Waals surface area contributed by atoms with Gasteiger partial charge in [0.25, 0.3) is 0 Å². The van der Waals surface area contributed by atoms with Gasteiger partial charge in [-0.1, -0.05) is 6.07 Å². The zero-order chi connectivity index (χ0) is 11.7. The van der Waals surface area contributed by atoms with E-state index >= 15 is 0 Å². The minimum atomic E-state index is 0.615. The summed E-state index contributed by atoms with van der Waals surface area (Å²) in [4.78, 5) is 4.00. The second-order valence-corrected chi connectivity index (χ2v) is 4.34. The maximum atomic E-state index is 5.74. The molecule has 17 heavy (non-hydrogen) atoms. The molecule has 86 valence electrons. The van der Waals surface area contributed by atoms with Gasteiger partial charge < -0.3 is 10.5 Å². The van der Waals surface area contributed by atoms with Crippen LogP contribution in [-0.4, -0.2) is 4.98 Å². The van der Waals surface area contributed by atoms with Crippen molar-refractivity contribution in [2.75, 3.05) is 5.73 Å². The Morgan fingerprint density at radius 3 is 2.76 bits per heavy atom. The molecule has 1 aromatic carbocycles. The van der Waals surface area contributed by atoms with E-state index in [-0.39, 0.29) is 0 Å². The highest BCUT2D eigenvalue weighted by Crippen LogP contribution is 2.29. The lowest BCUT2D eigenvalue weighted by Crippen LogP contribution is -1.90. The largest absolute Gasteiger partial charge is 0.456 e. The standard InChI is InChI=1S/C14H14N2O/c15-12-7-14(9-16-8-12)17-13-5-4-10-2-1-3-11(10)6-13/h4-9H,1-3,15H2. The number of hydrogen-bond donors (Lipinski definition) is 1. The van der Waals surface area contributed by atoms with Crippen molar-refractivity contribution in [2.24, 2.45) is 0 Å². The van der Waals surface area contributed by atoms with E-state index in [9.17, 15) is 0 Å². The van der Waals surface area contributed by atoms with Crippen LogP contribution >= 0.6 is 0 Å². The number of nitrogens with zero attached hydrogens (tertiary/aromatic N) is 1. The summed E-state index contributed by atoms with van der Waals surface area (Å²) in [5.41, 5.74) is 9.12. The smallest absolute Gasteiger partial charge is 0.147 e. The number of ether oxygens (including phenoxy) is 1. The topological polar surface area (TPSA) is 48.1 Å². The fraction of sp³-hybridized carbons (Fsp3) is 0.214. The Hall–Kier alpha value is -2.03. The summed E-state index contributed by atoms with van der Waals surface area (Å²) < 4.78 is 5.74. The number of anilines is 1. The highest BCUT2D eigenvalue weighted by molar-refractivity contribution is 5.44. The summed E-state index contributed by atoms with van der Waals surface area (Å²) in [5.74, 6) is 1.54. The van der Waals surface area contributed by atoms with Crippen molar-refractivity contribution in [3.8, 4) is 11.5 Å². The predicted molar refractivity (Wildman–Crippen MR) is 67.2 cm³/mol. The van der Waals surface area contributed by atoms with Crippen LogP contribution in [0.1, 0.15) is 17.5 Å². The van der Waals surface area contributed by atoms with Crippen molar-refractivity contribution in [1.82, 2.24) is 4.98 Å². The zero-order valence-electron chi connectivity index (χ0n) is 9.52. The highest BCUT2D eigenvalue weighted by Gasteiger charge is 2.11. The maximum Gasteiger partial charge on any atom is 0.147 e. The van der Waals surface area contributed by atoms with Crippen LogP contribution in [0.25, 0.3) is 0 Å². The van der Waals surface area contributed by atoms with Crippen LogP contribution in [0, 0.1) is 0 Å². The Bertz CT molecular complexity index is 552. The number of fused-ring (bicyclic) bond motifs is 1. The molecule has 0 saturated carbocycles. The summed E-state index contributed by atoms with van der Waals surface area (Å²) >= 11 is 0. The van der Waals surface area contributed by atoms with Gasteiger partial charge in [0.05, 0.1) is 18.1 Å². The van der Waals surface area contributed by atoms with E-state index in [1.807, 2.05) is 6.07 Å². The van der Waals surface area contributed by atoms with Crippen LogP contribution in [0.4, 0.5) is 5.69 Å². The molecule has 0 bridgehead atoms. The third-order valence-electron chi connectivity index (χ3n) is 3.04. The molecular formula is C14H14N2O. The summed E-state index contributed by atoms with van der Waals surface area (Å²) in [5, 5.41) is 0. The van der Waals surface area contributed by atoms with Gasteiger partial charge in [-0.25, -0.2) is 0 Å². The molecule has 3 nitrogen and oxygen atoms in total. The van der Waals surface area contributed by atoms with Crippen LogP contribution in [-0.2, 0) is 12.8 Å². The first-order valence-electron chi connectivity index (χ1n) is 5.81. The quantitative estimate of drug-likeness (QED) is 0.856. The van der Waals surface area contributed by atoms with Gasteiger partial charge in [0.2, 0.25) is 0 Å². The number of nitrogen functional groups attached to an aromatic ring is 1. The van der Waals surface area contributed by atoms with Gasteiger partial charge in [0.15, 0.2) is 0 Å². The summed E-state index contributed by atoms with van der Waals surface area (Å²) in [6.45, 7) is 0. The molecule has 0 saturated heterocycles. The van der Waals surface area contributed by atoms with Crippen molar-refractivity contribution in [3.05, 3.63) is 47.8 Å². The van der Waals surface area contributed by atoms with Crippen LogP contribution < -0.4 is 10.5 Å². The van der Waals surface area contributed by atoms with Crippen molar-refractivity contribution in [3.63, 3.8) is 0 Å². The molecule has 1 aliphatic carbocycles. The van der Waals surface area contributed by atoms with Gasteiger partial charge in [0.1, 0.15) is 11.5 Å². The molecule has 0 radical (unpaired) electrons. The second-order valence-electron chi connectivity index (χ2n) is 4.34. The van der Waals surface area contributed by atoms with Crippen molar-refractivity contribution in [1.29, 1.82) is 0 Å². The number of hydrogen-bond acceptors (Lipinski definition) is 3. The summed E-state index contributed by atoms with van der Waals surface area (Å²) in [7, 11) is 0. The zero-order valence-corrected chi connectivity index (χ0v) is 9.52. The highest BCUT2D eigenvalue weighted by atomic mass is 16.5. The molecule has 0 aliphatic heterocycles. The van der Waals surface area contributed by atoms with Gasteiger partial charge in [-0.3, -0.25) is 4.98 Å². The number of nitrogens with two attached hydrogens (primary N) is 1. The predicted octanol–water partition coefficient (Wildman–Crippen LogP) is 2.94. The molecule has 1 aliphatic rings. The molecule has 0 fully saturated rings. The van der Waals surface area contributed by atoms with E-state index in [1.165, 1.54) is 24.0 Å². The van der Waals surface area contributed by atoms with E-state index in [4.69, 9.17) is 10.5 Å². The van der Waals surface area contributed by atoms with Crippen molar-refractivity contribution >= 4 is 5.69 Å². The average molecular weight is 226 g/mol. The monoisotopic (exact) mass is 226 g/mol. The van der Waals surface area contributed by atoms with Gasteiger partial charge in [0, 0.05) is 6.07 Å². The Morgan fingerprint density at radius 1 is 1.00 bits per heavy atom. The molecule has 2 aromatic rings. The van der Waals surface area contributed by atoms with Gasteiger partial charge in [-0.05, 0) is 42.5 Å². The minimum absolute atomic E-state index is 0.615. The average Bonchev–Trinajstić information content (AvgIpc) is 2.76. The van der Waals surface area contributed by atoms with E-state index in [1.54, 1.807) is 18.5 Å². The lowest BCUT2D eigenvalue weighted by molar-refractivity contribution is 0.480. The fourth-order valence-electron chi connectivity index (χ4n) is 2.24.